The van der Waals surface area contributed by atoms with E-state index in [1.807, 2.05) is 23.5 Å². The summed E-state index contributed by atoms with van der Waals surface area (Å²) in [5.41, 5.74) is -0.751. The van der Waals surface area contributed by atoms with Gasteiger partial charge in [-0.1, -0.05) is 11.6 Å². The molecule has 1 aromatic heterocycles. The Bertz CT molecular complexity index is 448. The van der Waals surface area contributed by atoms with Crippen LogP contribution >= 0.6 is 35.1 Å². The molecule has 0 radical (unpaired) electrons. The van der Waals surface area contributed by atoms with Gasteiger partial charge in [0.25, 0.3) is 5.56 Å². The van der Waals surface area contributed by atoms with E-state index in [4.69, 9.17) is 11.6 Å². The minimum absolute atomic E-state index is 0.0944. The van der Waals surface area contributed by atoms with E-state index in [1.165, 1.54) is 10.6 Å². The molecule has 16 heavy (non-hydrogen) atoms. The molecule has 88 valence electrons. The van der Waals surface area contributed by atoms with Gasteiger partial charge in [0.1, 0.15) is 5.15 Å². The van der Waals surface area contributed by atoms with Crippen LogP contribution in [0.2, 0.25) is 5.15 Å². The molecule has 0 aromatic carbocycles. The molecule has 2 rings (SSSR count). The van der Waals surface area contributed by atoms with Crippen molar-refractivity contribution in [2.45, 2.75) is 11.8 Å². The second-order valence-corrected chi connectivity index (χ2v) is 6.40. The van der Waals surface area contributed by atoms with Crippen molar-refractivity contribution in [1.82, 2.24) is 9.55 Å². The van der Waals surface area contributed by atoms with E-state index in [0.717, 1.165) is 17.3 Å². The molecule has 4 nitrogen and oxygen atoms in total. The van der Waals surface area contributed by atoms with Crippen LogP contribution in [0.5, 0.6) is 0 Å². The van der Waals surface area contributed by atoms with Gasteiger partial charge in [0.15, 0.2) is 0 Å². The highest BCUT2D eigenvalue weighted by molar-refractivity contribution is 8.06. The molecule has 0 saturated carbocycles. The Morgan fingerprint density at radius 1 is 1.50 bits per heavy atom. The van der Waals surface area contributed by atoms with E-state index < -0.39 is 5.69 Å². The molecule has 1 atom stereocenters. The number of hydrogen-bond acceptors (Lipinski definition) is 4. The Kier molecular flexibility index (Phi) is 4.05. The summed E-state index contributed by atoms with van der Waals surface area (Å²) in [4.78, 5) is 25.5. The average molecular weight is 279 g/mol. The second kappa shape index (κ2) is 5.33. The van der Waals surface area contributed by atoms with Crippen molar-refractivity contribution in [2.24, 2.45) is 0 Å². The Hall–Kier alpha value is -0.330. The monoisotopic (exact) mass is 278 g/mol. The number of nitrogens with zero attached hydrogens (tertiary/aromatic N) is 1. The predicted molar refractivity (Wildman–Crippen MR) is 69.9 cm³/mol. The highest BCUT2D eigenvalue weighted by Crippen LogP contribution is 2.24. The number of hydrogen-bond donors (Lipinski definition) is 1. The average Bonchev–Trinajstić information content (AvgIpc) is 2.25. The summed E-state index contributed by atoms with van der Waals surface area (Å²) in [5, 5.41) is 0.427. The lowest BCUT2D eigenvalue weighted by atomic mass is 10.4. The first kappa shape index (κ1) is 12.1. The van der Waals surface area contributed by atoms with Crippen molar-refractivity contribution < 1.29 is 0 Å². The Morgan fingerprint density at radius 3 is 2.94 bits per heavy atom. The zero-order valence-corrected chi connectivity index (χ0v) is 10.8. The fraction of sp³-hybridized carbons (Fsp3) is 0.556. The number of aromatic nitrogens is 2. The van der Waals surface area contributed by atoms with Crippen molar-refractivity contribution in [2.75, 3.05) is 17.3 Å². The van der Waals surface area contributed by atoms with Crippen LogP contribution in [0, 0.1) is 0 Å². The van der Waals surface area contributed by atoms with E-state index in [0.29, 0.717) is 11.8 Å². The minimum atomic E-state index is -0.423. The van der Waals surface area contributed by atoms with Crippen LogP contribution in [0.15, 0.2) is 15.7 Å². The normalized spacial score (nSPS) is 20.9. The summed E-state index contributed by atoms with van der Waals surface area (Å²) in [6.45, 7) is 0.461. The molecule has 1 aliphatic rings. The van der Waals surface area contributed by atoms with Gasteiger partial charge in [-0.15, -0.1) is 0 Å². The predicted octanol–water partition coefficient (Wildman–Crippen LogP) is 1.04. The van der Waals surface area contributed by atoms with Crippen molar-refractivity contribution in [3.8, 4) is 0 Å². The maximum Gasteiger partial charge on any atom is 0.329 e. The van der Waals surface area contributed by atoms with E-state index in [9.17, 15) is 9.59 Å². The Labute approximate surface area is 106 Å². The number of rotatable bonds is 2. The molecule has 7 heteroatoms. The van der Waals surface area contributed by atoms with Gasteiger partial charge in [-0.2, -0.15) is 23.5 Å². The minimum Gasteiger partial charge on any atom is -0.298 e. The SMILES string of the molecule is O=c1cc(Cl)[nH]c(=O)n1CC1CSCCS1. The third kappa shape index (κ3) is 2.87. The van der Waals surface area contributed by atoms with Gasteiger partial charge in [-0.3, -0.25) is 14.3 Å². The third-order valence-corrected chi connectivity index (χ3v) is 5.29. The van der Waals surface area contributed by atoms with Crippen LogP contribution < -0.4 is 11.2 Å². The Balaban J connectivity index is 2.20. The van der Waals surface area contributed by atoms with Crippen molar-refractivity contribution in [3.05, 3.63) is 32.1 Å². The van der Waals surface area contributed by atoms with E-state index in [1.54, 1.807) is 0 Å². The number of aromatic amines is 1. The molecule has 1 fully saturated rings. The van der Waals surface area contributed by atoms with Gasteiger partial charge in [-0.05, 0) is 0 Å². The van der Waals surface area contributed by atoms with Gasteiger partial charge in [0.2, 0.25) is 0 Å². The van der Waals surface area contributed by atoms with Crippen molar-refractivity contribution in [1.29, 1.82) is 0 Å². The standard InChI is InChI=1S/C9H11ClN2O2S2/c10-7-3-8(13)12(9(14)11-7)4-6-5-15-1-2-16-6/h3,6H,1-2,4-5H2,(H,11,14). The van der Waals surface area contributed by atoms with Crippen LogP contribution in [-0.4, -0.2) is 32.1 Å². The summed E-state index contributed by atoms with van der Waals surface area (Å²) in [6.07, 6.45) is 0. The summed E-state index contributed by atoms with van der Waals surface area (Å²) in [6, 6.07) is 1.24. The highest BCUT2D eigenvalue weighted by atomic mass is 35.5. The molecule has 1 aromatic rings. The summed E-state index contributed by atoms with van der Waals surface area (Å²) in [7, 11) is 0. The molecule has 1 aliphatic heterocycles. The van der Waals surface area contributed by atoms with Gasteiger partial charge < -0.3 is 0 Å². The lowest BCUT2D eigenvalue weighted by Crippen LogP contribution is -2.38. The van der Waals surface area contributed by atoms with Crippen LogP contribution in [0.1, 0.15) is 0 Å². The maximum atomic E-state index is 11.6. The first-order valence-electron chi connectivity index (χ1n) is 4.86. The number of H-pyrrole nitrogens is 1. The molecule has 0 spiro atoms. The topological polar surface area (TPSA) is 54.9 Å². The van der Waals surface area contributed by atoms with Crippen molar-refractivity contribution >= 4 is 35.1 Å². The molecular formula is C9H11ClN2O2S2. The van der Waals surface area contributed by atoms with Crippen LogP contribution in [0.25, 0.3) is 0 Å². The van der Waals surface area contributed by atoms with Crippen LogP contribution in [0.4, 0.5) is 0 Å². The molecule has 0 amide bonds. The smallest absolute Gasteiger partial charge is 0.298 e. The second-order valence-electron chi connectivity index (χ2n) is 3.44. The summed E-state index contributed by atoms with van der Waals surface area (Å²) >= 11 is 9.26. The molecular weight excluding hydrogens is 268 g/mol. The van der Waals surface area contributed by atoms with Gasteiger partial charge in [-0.25, -0.2) is 4.79 Å². The number of halogens is 1. The first-order chi connectivity index (χ1) is 7.66. The largest absolute Gasteiger partial charge is 0.329 e. The summed E-state index contributed by atoms with van der Waals surface area (Å²) < 4.78 is 1.22. The third-order valence-electron chi connectivity index (χ3n) is 2.26. The molecule has 0 bridgehead atoms. The van der Waals surface area contributed by atoms with E-state index in [-0.39, 0.29) is 10.7 Å². The quantitative estimate of drug-likeness (QED) is 0.822. The fourth-order valence-electron chi connectivity index (χ4n) is 1.51. The molecule has 0 aliphatic carbocycles. The zero-order valence-electron chi connectivity index (χ0n) is 8.44. The lowest BCUT2D eigenvalue weighted by Gasteiger charge is -2.20. The van der Waals surface area contributed by atoms with E-state index in [2.05, 4.69) is 4.98 Å². The Morgan fingerprint density at radius 2 is 2.31 bits per heavy atom. The first-order valence-corrected chi connectivity index (χ1v) is 7.44. The molecule has 1 N–H and O–H groups in total. The molecule has 1 unspecified atom stereocenters. The van der Waals surface area contributed by atoms with Crippen LogP contribution in [-0.2, 0) is 6.54 Å². The van der Waals surface area contributed by atoms with Crippen molar-refractivity contribution in [3.63, 3.8) is 0 Å². The number of nitrogens with one attached hydrogen (secondary N) is 1. The molecule has 2 heterocycles. The highest BCUT2D eigenvalue weighted by Gasteiger charge is 2.16. The zero-order chi connectivity index (χ0) is 11.5. The van der Waals surface area contributed by atoms with Gasteiger partial charge in [0.05, 0.1) is 0 Å². The maximum absolute atomic E-state index is 11.6. The summed E-state index contributed by atoms with van der Waals surface area (Å²) in [5.74, 6) is 3.21. The molecule has 1 saturated heterocycles. The van der Waals surface area contributed by atoms with Gasteiger partial charge in [0, 0.05) is 35.1 Å². The van der Waals surface area contributed by atoms with Crippen LogP contribution in [0.3, 0.4) is 0 Å². The lowest BCUT2D eigenvalue weighted by molar-refractivity contribution is 0.627. The van der Waals surface area contributed by atoms with E-state index >= 15 is 0 Å². The fourth-order valence-corrected chi connectivity index (χ4v) is 4.34. The number of thioether (sulfide) groups is 2. The van der Waals surface area contributed by atoms with Gasteiger partial charge >= 0.3 is 5.69 Å².